The molecule has 0 unspecified atom stereocenters. The summed E-state index contributed by atoms with van der Waals surface area (Å²) in [5.41, 5.74) is 3.29. The van der Waals surface area contributed by atoms with Gasteiger partial charge in [0.25, 0.3) is 0 Å². The number of ether oxygens (including phenoxy) is 1. The summed E-state index contributed by atoms with van der Waals surface area (Å²) in [6.07, 6.45) is 0. The van der Waals surface area contributed by atoms with Crippen LogP contribution >= 0.6 is 11.8 Å². The highest BCUT2D eigenvalue weighted by Gasteiger charge is 2.22. The number of tetrazole rings is 1. The number of carbonyl (C=O) groups excluding carboxylic acids is 1. The molecule has 0 aliphatic carbocycles. The molecule has 3 aromatic rings. The number of anilines is 1. The first kappa shape index (κ1) is 20.2. The molecule has 4 rings (SSSR count). The lowest BCUT2D eigenvalue weighted by Crippen LogP contribution is -2.49. The molecule has 156 valence electrons. The first-order valence-corrected chi connectivity index (χ1v) is 10.8. The summed E-state index contributed by atoms with van der Waals surface area (Å²) in [5, 5.41) is 12.5. The third-order valence-corrected chi connectivity index (χ3v) is 5.99. The van der Waals surface area contributed by atoms with Gasteiger partial charge >= 0.3 is 0 Å². The van der Waals surface area contributed by atoms with Gasteiger partial charge in [-0.3, -0.25) is 4.79 Å². The molecule has 1 saturated heterocycles. The van der Waals surface area contributed by atoms with Crippen molar-refractivity contribution in [2.75, 3.05) is 43.9 Å². The van der Waals surface area contributed by atoms with Crippen molar-refractivity contribution >= 4 is 23.4 Å². The molecule has 0 N–H and O–H groups in total. The summed E-state index contributed by atoms with van der Waals surface area (Å²) >= 11 is 1.35. The Morgan fingerprint density at radius 3 is 2.53 bits per heavy atom. The van der Waals surface area contributed by atoms with E-state index in [2.05, 4.69) is 51.6 Å². The van der Waals surface area contributed by atoms with Gasteiger partial charge in [0.1, 0.15) is 5.75 Å². The number of thioether (sulfide) groups is 1. The summed E-state index contributed by atoms with van der Waals surface area (Å²) < 4.78 is 6.82. The molecule has 8 nitrogen and oxygen atoms in total. The van der Waals surface area contributed by atoms with Crippen LogP contribution in [0, 0.1) is 6.92 Å². The van der Waals surface area contributed by atoms with Gasteiger partial charge < -0.3 is 14.5 Å². The van der Waals surface area contributed by atoms with E-state index in [4.69, 9.17) is 4.74 Å². The number of nitrogens with zero attached hydrogens (tertiary/aromatic N) is 6. The molecule has 30 heavy (non-hydrogen) atoms. The lowest BCUT2D eigenvalue weighted by molar-refractivity contribution is -0.128. The molecular weight excluding hydrogens is 400 g/mol. The number of aromatic nitrogens is 4. The Labute approximate surface area is 179 Å². The van der Waals surface area contributed by atoms with Gasteiger partial charge in [-0.1, -0.05) is 23.9 Å². The molecule has 1 aliphatic heterocycles. The molecule has 0 saturated carbocycles. The minimum atomic E-state index is 0.105. The zero-order chi connectivity index (χ0) is 20.9. The van der Waals surface area contributed by atoms with Crippen molar-refractivity contribution in [2.24, 2.45) is 0 Å². The zero-order valence-electron chi connectivity index (χ0n) is 17.1. The summed E-state index contributed by atoms with van der Waals surface area (Å²) in [7, 11) is 1.62. The van der Waals surface area contributed by atoms with E-state index >= 15 is 0 Å². The average Bonchev–Trinajstić information content (AvgIpc) is 3.26. The fourth-order valence-corrected chi connectivity index (χ4v) is 4.20. The molecule has 2 heterocycles. The van der Waals surface area contributed by atoms with Gasteiger partial charge in [0.2, 0.25) is 11.1 Å². The smallest absolute Gasteiger partial charge is 0.233 e. The molecular formula is C21H24N6O2S. The van der Waals surface area contributed by atoms with Gasteiger partial charge in [-0.25, -0.2) is 0 Å². The van der Waals surface area contributed by atoms with Gasteiger partial charge in [0.05, 0.1) is 18.6 Å². The van der Waals surface area contributed by atoms with Crippen LogP contribution in [0.1, 0.15) is 5.56 Å². The second-order valence-corrected chi connectivity index (χ2v) is 8.01. The van der Waals surface area contributed by atoms with E-state index in [1.54, 1.807) is 11.8 Å². The van der Waals surface area contributed by atoms with Crippen LogP contribution in [0.2, 0.25) is 0 Å². The minimum absolute atomic E-state index is 0.105. The Bertz CT molecular complexity index is 999. The maximum atomic E-state index is 12.7. The number of aryl methyl sites for hydroxylation is 1. The van der Waals surface area contributed by atoms with Crippen LogP contribution < -0.4 is 9.64 Å². The van der Waals surface area contributed by atoms with Gasteiger partial charge in [-0.15, -0.1) is 5.10 Å². The first-order chi connectivity index (χ1) is 14.6. The Hall–Kier alpha value is -3.07. The summed E-state index contributed by atoms with van der Waals surface area (Å²) in [4.78, 5) is 17.0. The normalized spacial score (nSPS) is 14.1. The second kappa shape index (κ2) is 9.17. The fraction of sp³-hybridized carbons (Fsp3) is 0.333. The molecule has 1 fully saturated rings. The van der Waals surface area contributed by atoms with Crippen LogP contribution in [0.25, 0.3) is 5.69 Å². The van der Waals surface area contributed by atoms with Crippen molar-refractivity contribution in [3.8, 4) is 11.4 Å². The van der Waals surface area contributed by atoms with Gasteiger partial charge in [0.15, 0.2) is 0 Å². The van der Waals surface area contributed by atoms with E-state index in [9.17, 15) is 4.79 Å². The Morgan fingerprint density at radius 2 is 1.83 bits per heavy atom. The van der Waals surface area contributed by atoms with Crippen LogP contribution in [0.4, 0.5) is 5.69 Å². The van der Waals surface area contributed by atoms with Crippen molar-refractivity contribution < 1.29 is 9.53 Å². The molecule has 1 aliphatic rings. The molecule has 1 aromatic heterocycles. The van der Waals surface area contributed by atoms with E-state index in [1.807, 2.05) is 29.2 Å². The third kappa shape index (κ3) is 4.56. The molecule has 0 atom stereocenters. The molecule has 0 radical (unpaired) electrons. The molecule has 0 bridgehead atoms. The van der Waals surface area contributed by atoms with Crippen LogP contribution in [0.3, 0.4) is 0 Å². The number of rotatable bonds is 6. The van der Waals surface area contributed by atoms with Gasteiger partial charge in [-0.2, -0.15) is 4.68 Å². The number of piperazine rings is 1. The quantitative estimate of drug-likeness (QED) is 0.563. The number of amides is 1. The molecule has 1 amide bonds. The first-order valence-electron chi connectivity index (χ1n) is 9.79. The highest BCUT2D eigenvalue weighted by molar-refractivity contribution is 7.99. The maximum absolute atomic E-state index is 12.7. The summed E-state index contributed by atoms with van der Waals surface area (Å²) in [6, 6.07) is 15.9. The van der Waals surface area contributed by atoms with Crippen LogP contribution in [-0.4, -0.2) is 70.1 Å². The summed E-state index contributed by atoms with van der Waals surface area (Å²) in [6.45, 7) is 5.21. The van der Waals surface area contributed by atoms with Gasteiger partial charge in [-0.05, 0) is 59.3 Å². The van der Waals surface area contributed by atoms with Crippen LogP contribution in [0.15, 0.2) is 53.7 Å². The number of hydrogen-bond acceptors (Lipinski definition) is 7. The molecule has 2 aromatic carbocycles. The van der Waals surface area contributed by atoms with E-state index in [0.29, 0.717) is 10.9 Å². The zero-order valence-corrected chi connectivity index (χ0v) is 17.9. The number of methoxy groups -OCH3 is 1. The maximum Gasteiger partial charge on any atom is 0.233 e. The van der Waals surface area contributed by atoms with Crippen molar-refractivity contribution in [2.45, 2.75) is 12.1 Å². The lowest BCUT2D eigenvalue weighted by atomic mass is 10.2. The number of carbonyl (C=O) groups is 1. The van der Waals surface area contributed by atoms with Crippen molar-refractivity contribution in [3.05, 3.63) is 54.1 Å². The number of benzene rings is 2. The van der Waals surface area contributed by atoms with Crippen molar-refractivity contribution in [1.29, 1.82) is 0 Å². The van der Waals surface area contributed by atoms with E-state index in [-0.39, 0.29) is 5.91 Å². The van der Waals surface area contributed by atoms with E-state index in [1.165, 1.54) is 23.0 Å². The van der Waals surface area contributed by atoms with E-state index in [0.717, 1.165) is 37.6 Å². The predicted octanol–water partition coefficient (Wildman–Crippen LogP) is 2.42. The Kier molecular flexibility index (Phi) is 6.18. The SMILES string of the molecule is COc1ccc(-n2nnnc2SCC(=O)N2CCN(c3cccc(C)c3)CC2)cc1. The monoisotopic (exact) mass is 424 g/mol. The average molecular weight is 425 g/mol. The van der Waals surface area contributed by atoms with Crippen molar-refractivity contribution in [1.82, 2.24) is 25.1 Å². The predicted molar refractivity (Wildman–Crippen MR) is 116 cm³/mol. The highest BCUT2D eigenvalue weighted by atomic mass is 32.2. The van der Waals surface area contributed by atoms with Gasteiger partial charge in [0, 0.05) is 31.9 Å². The van der Waals surface area contributed by atoms with Crippen LogP contribution in [-0.2, 0) is 4.79 Å². The fourth-order valence-electron chi connectivity index (χ4n) is 3.41. The third-order valence-electron chi connectivity index (χ3n) is 5.08. The topological polar surface area (TPSA) is 76.4 Å². The second-order valence-electron chi connectivity index (χ2n) is 7.07. The highest BCUT2D eigenvalue weighted by Crippen LogP contribution is 2.22. The minimum Gasteiger partial charge on any atom is -0.497 e. The van der Waals surface area contributed by atoms with Crippen molar-refractivity contribution in [3.63, 3.8) is 0 Å². The van der Waals surface area contributed by atoms with Crippen LogP contribution in [0.5, 0.6) is 5.75 Å². The molecule has 9 heteroatoms. The summed E-state index contributed by atoms with van der Waals surface area (Å²) in [5.74, 6) is 1.18. The standard InChI is InChI=1S/C21H24N6O2S/c1-16-4-3-5-18(14-16)25-10-12-26(13-11-25)20(28)15-30-21-22-23-24-27(21)17-6-8-19(29-2)9-7-17/h3-9,14H,10-13,15H2,1-2H3. The Morgan fingerprint density at radius 1 is 1.07 bits per heavy atom. The lowest BCUT2D eigenvalue weighted by Gasteiger charge is -2.36. The molecule has 0 spiro atoms. The number of hydrogen-bond donors (Lipinski definition) is 0. The Balaban J connectivity index is 1.32. The largest absolute Gasteiger partial charge is 0.497 e. The van der Waals surface area contributed by atoms with E-state index < -0.39 is 0 Å².